The second-order valence-electron chi connectivity index (χ2n) is 4.15. The minimum atomic E-state index is -0.00000234. The number of methoxy groups -OCH3 is 1. The molecule has 0 spiro atoms. The van der Waals surface area contributed by atoms with Crippen molar-refractivity contribution in [1.82, 2.24) is 0 Å². The van der Waals surface area contributed by atoms with Gasteiger partial charge in [-0.1, -0.05) is 12.1 Å². The first-order valence-corrected chi connectivity index (χ1v) is 6.69. The Bertz CT molecular complexity index is 576. The molecule has 0 saturated heterocycles. The van der Waals surface area contributed by atoms with Crippen LogP contribution in [-0.4, -0.2) is 12.9 Å². The standard InChI is InChI=1S/C14H16N2O2S/c1-9(17)14-12(15)7-13(19-14)16-8-10-3-5-11(18-2)6-4-10/h3-7,16H,8,15H2,1-2H3. The van der Waals surface area contributed by atoms with Gasteiger partial charge in [0.25, 0.3) is 0 Å². The summed E-state index contributed by atoms with van der Waals surface area (Å²) in [7, 11) is 1.64. The topological polar surface area (TPSA) is 64.3 Å². The Morgan fingerprint density at radius 1 is 1.37 bits per heavy atom. The highest BCUT2D eigenvalue weighted by atomic mass is 32.1. The summed E-state index contributed by atoms with van der Waals surface area (Å²) in [5.74, 6) is 0.836. The zero-order valence-corrected chi connectivity index (χ0v) is 11.7. The summed E-state index contributed by atoms with van der Waals surface area (Å²) >= 11 is 1.38. The molecule has 4 nitrogen and oxygen atoms in total. The van der Waals surface area contributed by atoms with E-state index in [1.165, 1.54) is 18.3 Å². The summed E-state index contributed by atoms with van der Waals surface area (Å²) in [6.07, 6.45) is 0. The second kappa shape index (κ2) is 5.75. The Morgan fingerprint density at radius 2 is 2.05 bits per heavy atom. The van der Waals surface area contributed by atoms with Crippen LogP contribution in [0, 0.1) is 0 Å². The zero-order chi connectivity index (χ0) is 13.8. The number of carbonyl (C=O) groups excluding carboxylic acids is 1. The third-order valence-corrected chi connectivity index (χ3v) is 3.92. The van der Waals surface area contributed by atoms with Crippen molar-refractivity contribution in [2.75, 3.05) is 18.2 Å². The fraction of sp³-hybridized carbons (Fsp3) is 0.214. The second-order valence-corrected chi connectivity index (χ2v) is 5.21. The average molecular weight is 276 g/mol. The average Bonchev–Trinajstić information content (AvgIpc) is 2.78. The molecule has 5 heteroatoms. The Kier molecular flexibility index (Phi) is 4.06. The number of hydrogen-bond donors (Lipinski definition) is 2. The van der Waals surface area contributed by atoms with Gasteiger partial charge >= 0.3 is 0 Å². The highest BCUT2D eigenvalue weighted by molar-refractivity contribution is 7.18. The molecule has 100 valence electrons. The van der Waals surface area contributed by atoms with Gasteiger partial charge in [-0.15, -0.1) is 11.3 Å². The number of nitrogens with two attached hydrogens (primary N) is 1. The van der Waals surface area contributed by atoms with Gasteiger partial charge in [0.15, 0.2) is 5.78 Å². The smallest absolute Gasteiger partial charge is 0.171 e. The number of thiophene rings is 1. The van der Waals surface area contributed by atoms with Gasteiger partial charge in [-0.25, -0.2) is 0 Å². The van der Waals surface area contributed by atoms with E-state index in [1.807, 2.05) is 24.3 Å². The summed E-state index contributed by atoms with van der Waals surface area (Å²) in [4.78, 5) is 11.9. The molecule has 0 aliphatic rings. The van der Waals surface area contributed by atoms with E-state index in [1.54, 1.807) is 13.2 Å². The molecule has 0 amide bonds. The van der Waals surface area contributed by atoms with Crippen LogP contribution in [0.2, 0.25) is 0 Å². The van der Waals surface area contributed by atoms with Crippen LogP contribution in [0.4, 0.5) is 10.7 Å². The highest BCUT2D eigenvalue weighted by Crippen LogP contribution is 2.29. The van der Waals surface area contributed by atoms with Crippen molar-refractivity contribution in [1.29, 1.82) is 0 Å². The zero-order valence-electron chi connectivity index (χ0n) is 10.9. The first-order valence-electron chi connectivity index (χ1n) is 5.87. The monoisotopic (exact) mass is 276 g/mol. The number of anilines is 2. The van der Waals surface area contributed by atoms with Crippen molar-refractivity contribution in [3.8, 4) is 5.75 Å². The van der Waals surface area contributed by atoms with Crippen LogP contribution in [-0.2, 0) is 6.54 Å². The molecule has 1 heterocycles. The molecular weight excluding hydrogens is 260 g/mol. The Hall–Kier alpha value is -2.01. The van der Waals surface area contributed by atoms with E-state index in [0.29, 0.717) is 17.1 Å². The number of ketones is 1. The van der Waals surface area contributed by atoms with Crippen LogP contribution in [0.25, 0.3) is 0 Å². The summed E-state index contributed by atoms with van der Waals surface area (Å²) in [6.45, 7) is 2.21. The van der Waals surface area contributed by atoms with Crippen LogP contribution in [0.15, 0.2) is 30.3 Å². The number of nitrogens with one attached hydrogen (secondary N) is 1. The lowest BCUT2D eigenvalue weighted by molar-refractivity contribution is 0.102. The van der Waals surface area contributed by atoms with Crippen molar-refractivity contribution in [3.05, 3.63) is 40.8 Å². The third kappa shape index (κ3) is 3.26. The van der Waals surface area contributed by atoms with Gasteiger partial charge in [-0.2, -0.15) is 0 Å². The Labute approximate surface area is 116 Å². The lowest BCUT2D eigenvalue weighted by atomic mass is 10.2. The molecule has 19 heavy (non-hydrogen) atoms. The van der Waals surface area contributed by atoms with Crippen molar-refractivity contribution < 1.29 is 9.53 Å². The molecule has 0 atom stereocenters. The Morgan fingerprint density at radius 3 is 2.58 bits per heavy atom. The number of nitrogen functional groups attached to an aromatic ring is 1. The van der Waals surface area contributed by atoms with Gasteiger partial charge < -0.3 is 15.8 Å². The minimum absolute atomic E-state index is 0.00000234. The number of ether oxygens (including phenoxy) is 1. The SMILES string of the molecule is COc1ccc(CNc2cc(N)c(C(C)=O)s2)cc1. The number of hydrogen-bond acceptors (Lipinski definition) is 5. The predicted octanol–water partition coefficient (Wildman–Crippen LogP) is 3.15. The van der Waals surface area contributed by atoms with E-state index in [0.717, 1.165) is 16.3 Å². The normalized spacial score (nSPS) is 10.2. The van der Waals surface area contributed by atoms with Gasteiger partial charge in [0, 0.05) is 13.5 Å². The van der Waals surface area contributed by atoms with E-state index in [2.05, 4.69) is 5.32 Å². The van der Waals surface area contributed by atoms with Gasteiger partial charge in [0.1, 0.15) is 5.75 Å². The largest absolute Gasteiger partial charge is 0.497 e. The summed E-state index contributed by atoms with van der Waals surface area (Å²) in [6, 6.07) is 9.62. The van der Waals surface area contributed by atoms with Crippen molar-refractivity contribution in [3.63, 3.8) is 0 Å². The van der Waals surface area contributed by atoms with E-state index in [9.17, 15) is 4.79 Å². The first kappa shape index (κ1) is 13.4. The lowest BCUT2D eigenvalue weighted by Crippen LogP contribution is -1.97. The molecule has 2 aromatic rings. The molecule has 0 fully saturated rings. The molecule has 0 bridgehead atoms. The molecule has 0 saturated carbocycles. The Balaban J connectivity index is 2.01. The number of rotatable bonds is 5. The van der Waals surface area contributed by atoms with Gasteiger partial charge in [0.2, 0.25) is 0 Å². The van der Waals surface area contributed by atoms with E-state index in [4.69, 9.17) is 10.5 Å². The summed E-state index contributed by atoms with van der Waals surface area (Å²) < 4.78 is 5.11. The van der Waals surface area contributed by atoms with Crippen molar-refractivity contribution in [2.45, 2.75) is 13.5 Å². The quantitative estimate of drug-likeness (QED) is 0.823. The van der Waals surface area contributed by atoms with Crippen LogP contribution >= 0.6 is 11.3 Å². The number of carbonyl (C=O) groups is 1. The third-order valence-electron chi connectivity index (χ3n) is 2.71. The van der Waals surface area contributed by atoms with Crippen LogP contribution in [0.5, 0.6) is 5.75 Å². The van der Waals surface area contributed by atoms with Crippen molar-refractivity contribution in [2.24, 2.45) is 0 Å². The van der Waals surface area contributed by atoms with Gasteiger partial charge in [-0.05, 0) is 23.8 Å². The van der Waals surface area contributed by atoms with Crippen LogP contribution < -0.4 is 15.8 Å². The molecule has 0 aliphatic carbocycles. The first-order chi connectivity index (χ1) is 9.10. The summed E-state index contributed by atoms with van der Waals surface area (Å²) in [5, 5.41) is 4.16. The maximum Gasteiger partial charge on any atom is 0.171 e. The fourth-order valence-electron chi connectivity index (χ4n) is 1.70. The van der Waals surface area contributed by atoms with Crippen LogP contribution in [0.1, 0.15) is 22.2 Å². The molecular formula is C14H16N2O2S. The molecule has 0 unspecified atom stereocenters. The predicted molar refractivity (Wildman–Crippen MR) is 79.1 cm³/mol. The van der Waals surface area contributed by atoms with E-state index >= 15 is 0 Å². The lowest BCUT2D eigenvalue weighted by Gasteiger charge is -2.05. The molecule has 0 aliphatic heterocycles. The fourth-order valence-corrected chi connectivity index (χ4v) is 2.57. The molecule has 1 aromatic carbocycles. The highest BCUT2D eigenvalue weighted by Gasteiger charge is 2.10. The minimum Gasteiger partial charge on any atom is -0.497 e. The summed E-state index contributed by atoms with van der Waals surface area (Å²) in [5.41, 5.74) is 7.46. The van der Waals surface area contributed by atoms with Gasteiger partial charge in [-0.3, -0.25) is 4.79 Å². The molecule has 0 radical (unpaired) electrons. The van der Waals surface area contributed by atoms with Crippen LogP contribution in [0.3, 0.4) is 0 Å². The van der Waals surface area contributed by atoms with Crippen molar-refractivity contribution >= 4 is 27.8 Å². The van der Waals surface area contributed by atoms with E-state index in [-0.39, 0.29) is 5.78 Å². The maximum absolute atomic E-state index is 11.3. The maximum atomic E-state index is 11.3. The molecule has 2 rings (SSSR count). The number of benzene rings is 1. The van der Waals surface area contributed by atoms with E-state index < -0.39 is 0 Å². The number of Topliss-reactive ketones (excluding diaryl/α,β-unsaturated/α-hetero) is 1. The van der Waals surface area contributed by atoms with Gasteiger partial charge in [0.05, 0.1) is 22.7 Å². The molecule has 3 N–H and O–H groups in total. The molecule has 1 aromatic heterocycles.